The third kappa shape index (κ3) is 2.44. The Morgan fingerprint density at radius 2 is 1.86 bits per heavy atom. The molecule has 2 aromatic carbocycles. The van der Waals surface area contributed by atoms with Crippen LogP contribution in [0.1, 0.15) is 21.5 Å². The molecule has 1 heterocycles. The predicted octanol–water partition coefficient (Wildman–Crippen LogP) is 5.67. The van der Waals surface area contributed by atoms with Crippen LogP contribution in [-0.2, 0) is 0 Å². The number of carbonyl (C=O) groups is 1. The maximum Gasteiger partial charge on any atom is 0.196 e. The number of benzene rings is 2. The first kappa shape index (κ1) is 14.5. The lowest BCUT2D eigenvalue weighted by Crippen LogP contribution is -2.02. The topological polar surface area (TPSA) is 32.9 Å². The van der Waals surface area contributed by atoms with Crippen molar-refractivity contribution in [3.05, 3.63) is 68.3 Å². The Kier molecular flexibility index (Phi) is 3.70. The van der Waals surface area contributed by atoms with Gasteiger partial charge in [0.15, 0.2) is 5.78 Å². The van der Waals surface area contributed by atoms with Crippen LogP contribution in [0.15, 0.2) is 36.5 Å². The highest BCUT2D eigenvalue weighted by Gasteiger charge is 2.19. The van der Waals surface area contributed by atoms with E-state index in [9.17, 15) is 4.79 Å². The summed E-state index contributed by atoms with van der Waals surface area (Å²) in [5.74, 6) is -0.167. The van der Waals surface area contributed by atoms with Crippen LogP contribution < -0.4 is 0 Å². The number of fused-ring (bicyclic) bond motifs is 1. The molecule has 0 aliphatic carbocycles. The van der Waals surface area contributed by atoms with Crippen molar-refractivity contribution in [2.75, 3.05) is 0 Å². The van der Waals surface area contributed by atoms with Crippen molar-refractivity contribution in [2.45, 2.75) is 6.92 Å². The first-order valence-corrected chi connectivity index (χ1v) is 7.38. The van der Waals surface area contributed by atoms with Crippen LogP contribution >= 0.6 is 34.8 Å². The zero-order chi connectivity index (χ0) is 15.1. The van der Waals surface area contributed by atoms with Crippen LogP contribution in [0.5, 0.6) is 0 Å². The third-order valence-electron chi connectivity index (χ3n) is 3.38. The van der Waals surface area contributed by atoms with E-state index >= 15 is 0 Å². The maximum absolute atomic E-state index is 12.7. The number of aromatic nitrogens is 1. The summed E-state index contributed by atoms with van der Waals surface area (Å²) in [6.07, 6.45) is 1.63. The minimum atomic E-state index is -0.167. The summed E-state index contributed by atoms with van der Waals surface area (Å²) in [5, 5.41) is 2.07. The molecule has 5 heteroatoms. The molecule has 21 heavy (non-hydrogen) atoms. The number of aryl methyl sites for hydroxylation is 1. The first-order chi connectivity index (χ1) is 9.99. The lowest BCUT2D eigenvalue weighted by Gasteiger charge is -2.06. The highest BCUT2D eigenvalue weighted by atomic mass is 35.5. The van der Waals surface area contributed by atoms with Crippen molar-refractivity contribution < 1.29 is 4.79 Å². The van der Waals surface area contributed by atoms with Crippen LogP contribution in [0.4, 0.5) is 0 Å². The van der Waals surface area contributed by atoms with E-state index in [-0.39, 0.29) is 5.78 Å². The summed E-state index contributed by atoms with van der Waals surface area (Å²) in [7, 11) is 0. The lowest BCUT2D eigenvalue weighted by molar-refractivity contribution is 0.104. The summed E-state index contributed by atoms with van der Waals surface area (Å²) in [4.78, 5) is 15.8. The molecule has 0 amide bonds. The molecule has 0 spiro atoms. The fourth-order valence-corrected chi connectivity index (χ4v) is 3.14. The number of aromatic amines is 1. The van der Waals surface area contributed by atoms with Gasteiger partial charge in [-0.15, -0.1) is 0 Å². The summed E-state index contributed by atoms with van der Waals surface area (Å²) in [6, 6.07) is 8.73. The van der Waals surface area contributed by atoms with Gasteiger partial charge in [-0.3, -0.25) is 4.79 Å². The molecule has 2 nitrogen and oxygen atoms in total. The van der Waals surface area contributed by atoms with Crippen LogP contribution in [-0.4, -0.2) is 10.8 Å². The molecule has 3 aromatic rings. The second-order valence-electron chi connectivity index (χ2n) is 4.78. The van der Waals surface area contributed by atoms with Gasteiger partial charge in [0.2, 0.25) is 0 Å². The van der Waals surface area contributed by atoms with Gasteiger partial charge in [-0.25, -0.2) is 0 Å². The van der Waals surface area contributed by atoms with E-state index in [0.29, 0.717) is 31.6 Å². The lowest BCUT2D eigenvalue weighted by atomic mass is 10.0. The molecule has 0 atom stereocenters. The van der Waals surface area contributed by atoms with Crippen molar-refractivity contribution in [1.29, 1.82) is 0 Å². The normalized spacial score (nSPS) is 11.0. The minimum absolute atomic E-state index is 0.167. The number of hydrogen-bond acceptors (Lipinski definition) is 1. The highest BCUT2D eigenvalue weighted by molar-refractivity contribution is 6.41. The quantitative estimate of drug-likeness (QED) is 0.600. The van der Waals surface area contributed by atoms with Crippen molar-refractivity contribution >= 4 is 51.5 Å². The Balaban J connectivity index is 2.21. The van der Waals surface area contributed by atoms with Crippen LogP contribution in [0.2, 0.25) is 15.1 Å². The van der Waals surface area contributed by atoms with Gasteiger partial charge in [0.05, 0.1) is 10.0 Å². The molecular weight excluding hydrogens is 329 g/mol. The average molecular weight is 339 g/mol. The Bertz CT molecular complexity index is 867. The molecule has 0 bridgehead atoms. The van der Waals surface area contributed by atoms with Gasteiger partial charge >= 0.3 is 0 Å². The Hall–Kier alpha value is -1.48. The molecule has 0 aliphatic heterocycles. The van der Waals surface area contributed by atoms with Crippen molar-refractivity contribution in [1.82, 2.24) is 4.98 Å². The largest absolute Gasteiger partial charge is 0.360 e. The molecule has 0 saturated carbocycles. The van der Waals surface area contributed by atoms with Crippen LogP contribution in [0, 0.1) is 6.92 Å². The molecule has 1 aromatic heterocycles. The molecule has 0 unspecified atom stereocenters. The van der Waals surface area contributed by atoms with Gasteiger partial charge in [0.1, 0.15) is 0 Å². The summed E-state index contributed by atoms with van der Waals surface area (Å²) < 4.78 is 0. The number of carbonyl (C=O) groups excluding carboxylic acids is 1. The highest BCUT2D eigenvalue weighted by Crippen LogP contribution is 2.32. The van der Waals surface area contributed by atoms with E-state index < -0.39 is 0 Å². The predicted molar refractivity (Wildman–Crippen MR) is 87.9 cm³/mol. The molecule has 0 fully saturated rings. The number of H-pyrrole nitrogens is 1. The van der Waals surface area contributed by atoms with Gasteiger partial charge in [0.25, 0.3) is 0 Å². The average Bonchev–Trinajstić information content (AvgIpc) is 2.85. The number of nitrogens with one attached hydrogen (secondary N) is 1. The molecular formula is C16H10Cl3NO. The van der Waals surface area contributed by atoms with Crippen molar-refractivity contribution in [3.8, 4) is 0 Å². The number of hydrogen-bond donors (Lipinski definition) is 1. The number of halogens is 3. The smallest absolute Gasteiger partial charge is 0.196 e. The second-order valence-corrected chi connectivity index (χ2v) is 6.00. The van der Waals surface area contributed by atoms with E-state index in [0.717, 1.165) is 11.1 Å². The number of rotatable bonds is 2. The molecule has 3 rings (SSSR count). The van der Waals surface area contributed by atoms with Crippen LogP contribution in [0.25, 0.3) is 10.9 Å². The summed E-state index contributed by atoms with van der Waals surface area (Å²) in [5.41, 5.74) is 2.53. The van der Waals surface area contributed by atoms with E-state index in [4.69, 9.17) is 34.8 Å². The van der Waals surface area contributed by atoms with E-state index in [1.165, 1.54) is 0 Å². The molecule has 0 saturated heterocycles. The van der Waals surface area contributed by atoms with E-state index in [1.807, 2.05) is 19.1 Å². The fraction of sp³-hybridized carbons (Fsp3) is 0.0625. The van der Waals surface area contributed by atoms with E-state index in [2.05, 4.69) is 4.98 Å². The summed E-state index contributed by atoms with van der Waals surface area (Å²) in [6.45, 7) is 1.86. The molecule has 0 aliphatic rings. The van der Waals surface area contributed by atoms with Crippen molar-refractivity contribution in [2.24, 2.45) is 0 Å². The zero-order valence-electron chi connectivity index (χ0n) is 11.0. The minimum Gasteiger partial charge on any atom is -0.360 e. The molecule has 0 radical (unpaired) electrons. The Morgan fingerprint density at radius 1 is 1.10 bits per heavy atom. The summed E-state index contributed by atoms with van der Waals surface area (Å²) >= 11 is 18.4. The number of ketones is 1. The van der Waals surface area contributed by atoms with E-state index in [1.54, 1.807) is 24.4 Å². The Morgan fingerprint density at radius 3 is 2.62 bits per heavy atom. The first-order valence-electron chi connectivity index (χ1n) is 6.25. The molecule has 106 valence electrons. The van der Waals surface area contributed by atoms with Gasteiger partial charge in [-0.1, -0.05) is 46.9 Å². The monoisotopic (exact) mass is 337 g/mol. The van der Waals surface area contributed by atoms with Gasteiger partial charge in [-0.2, -0.15) is 0 Å². The molecule has 1 N–H and O–H groups in total. The zero-order valence-corrected chi connectivity index (χ0v) is 13.3. The van der Waals surface area contributed by atoms with Crippen LogP contribution in [0.3, 0.4) is 0 Å². The van der Waals surface area contributed by atoms with Gasteiger partial charge < -0.3 is 4.98 Å². The van der Waals surface area contributed by atoms with Gasteiger partial charge in [-0.05, 0) is 30.7 Å². The SMILES string of the molecule is Cc1cccc(C(=O)c2c[nH]c3cc(Cl)cc(Cl)c23)c1Cl. The standard InChI is InChI=1S/C16H10Cl3NO/c1-8-3-2-4-10(15(8)19)16(21)11-7-20-13-6-9(17)5-12(18)14(11)13/h2-7,20H,1H3. The van der Waals surface area contributed by atoms with Gasteiger partial charge in [0, 0.05) is 33.2 Å². The fourth-order valence-electron chi connectivity index (χ4n) is 2.33. The Labute approximate surface area is 136 Å². The third-order valence-corrected chi connectivity index (χ3v) is 4.40. The van der Waals surface area contributed by atoms with Crippen molar-refractivity contribution in [3.63, 3.8) is 0 Å². The maximum atomic E-state index is 12.7. The second kappa shape index (κ2) is 5.38.